The molecule has 0 saturated heterocycles. The van der Waals surface area contributed by atoms with Gasteiger partial charge in [0.05, 0.1) is 0 Å². The summed E-state index contributed by atoms with van der Waals surface area (Å²) in [5, 5.41) is 13.9. The number of carboxylic acid groups (broad SMARTS) is 1. The number of rotatable bonds is 13. The zero-order valence-corrected chi connectivity index (χ0v) is 17.6. The van der Waals surface area contributed by atoms with Crippen LogP contribution in [0.25, 0.3) is 0 Å². The molecule has 1 rings (SSSR count). The molecule has 1 atom stereocenters. The average Bonchev–Trinajstić information content (AvgIpc) is 2.72. The molecule has 29 heavy (non-hydrogen) atoms. The average molecular weight is 426 g/mol. The van der Waals surface area contributed by atoms with E-state index in [-0.39, 0.29) is 36.1 Å². The summed E-state index contributed by atoms with van der Waals surface area (Å²) >= 11 is 0. The maximum Gasteiger partial charge on any atom is 0.407 e. The molecular formula is C20H29N2O6S+. The summed E-state index contributed by atoms with van der Waals surface area (Å²) < 4.78 is 4.98. The summed E-state index contributed by atoms with van der Waals surface area (Å²) in [5.41, 5.74) is 0.803. The summed E-state index contributed by atoms with van der Waals surface area (Å²) in [6.45, 7) is 3.70. The Labute approximate surface area is 173 Å². The lowest BCUT2D eigenvalue weighted by molar-refractivity contribution is -0.142. The minimum atomic E-state index is -1.22. The number of carbonyl (C=O) groups excluding carboxylic acids is 3. The van der Waals surface area contributed by atoms with Crippen LogP contribution in [0.5, 0.6) is 0 Å². The molecule has 0 aromatic heterocycles. The van der Waals surface area contributed by atoms with E-state index in [2.05, 4.69) is 10.6 Å². The number of aliphatic carboxylic acids is 1. The second-order valence-electron chi connectivity index (χ2n) is 6.29. The Morgan fingerprint density at radius 2 is 1.76 bits per heavy atom. The first-order valence-corrected chi connectivity index (χ1v) is 11.2. The van der Waals surface area contributed by atoms with E-state index >= 15 is 0 Å². The van der Waals surface area contributed by atoms with Crippen molar-refractivity contribution in [1.29, 1.82) is 0 Å². The van der Waals surface area contributed by atoms with Crippen LogP contribution in [0.2, 0.25) is 0 Å². The summed E-state index contributed by atoms with van der Waals surface area (Å²) in [7, 11) is 0.0252. The van der Waals surface area contributed by atoms with E-state index in [4.69, 9.17) is 4.74 Å². The molecule has 0 radical (unpaired) electrons. The van der Waals surface area contributed by atoms with Crippen molar-refractivity contribution in [2.45, 2.75) is 39.3 Å². The number of ether oxygens (including phenoxy) is 1. The lowest BCUT2D eigenvalue weighted by Crippen LogP contribution is -2.45. The van der Waals surface area contributed by atoms with E-state index < -0.39 is 30.6 Å². The highest BCUT2D eigenvalue weighted by molar-refractivity contribution is 7.97. The molecule has 0 unspecified atom stereocenters. The van der Waals surface area contributed by atoms with Gasteiger partial charge in [-0.25, -0.2) is 9.59 Å². The lowest BCUT2D eigenvalue weighted by atomic mass is 10.1. The van der Waals surface area contributed by atoms with Gasteiger partial charge in [-0.3, -0.25) is 9.59 Å². The van der Waals surface area contributed by atoms with Crippen molar-refractivity contribution in [3.63, 3.8) is 0 Å². The van der Waals surface area contributed by atoms with Gasteiger partial charge in [0, 0.05) is 6.42 Å². The first-order valence-electron chi connectivity index (χ1n) is 9.48. The van der Waals surface area contributed by atoms with Gasteiger partial charge in [-0.05, 0) is 36.7 Å². The standard InChI is InChI=1S/C20H28N2O6S/c1-3-29(4-2)14-16(23)10-11-17(19(25)26)22-18(24)12-21-20(27)28-13-15-8-6-5-7-9-15/h5-9,17H,3-4,10-14H2,1-2H3,(H2-,21,22,24,25,26,27)/p+1/t17-/m0/s1. The summed E-state index contributed by atoms with van der Waals surface area (Å²) in [6.07, 6.45) is -0.673. The smallest absolute Gasteiger partial charge is 0.407 e. The van der Waals surface area contributed by atoms with Crippen LogP contribution in [0.15, 0.2) is 30.3 Å². The number of Topliss-reactive ketones (excluding diaryl/α,β-unsaturated/α-hetero) is 1. The maximum atomic E-state index is 12.0. The Morgan fingerprint density at radius 1 is 1.10 bits per heavy atom. The SMILES string of the molecule is CC[S+](CC)CC(=O)CC[C@H](NC(=O)CNC(=O)OCc1ccccc1)C(=O)O. The topological polar surface area (TPSA) is 122 Å². The van der Waals surface area contributed by atoms with Gasteiger partial charge in [0.2, 0.25) is 5.91 Å². The van der Waals surface area contributed by atoms with Crippen molar-refractivity contribution in [3.05, 3.63) is 35.9 Å². The molecule has 0 spiro atoms. The first-order chi connectivity index (χ1) is 13.8. The third-order valence-electron chi connectivity index (χ3n) is 4.13. The zero-order chi connectivity index (χ0) is 21.6. The van der Waals surface area contributed by atoms with Gasteiger partial charge in [0.1, 0.15) is 30.7 Å². The van der Waals surface area contributed by atoms with Crippen molar-refractivity contribution in [2.24, 2.45) is 0 Å². The van der Waals surface area contributed by atoms with E-state index in [1.54, 1.807) is 12.1 Å². The fourth-order valence-corrected chi connectivity index (χ4v) is 3.86. The lowest BCUT2D eigenvalue weighted by Gasteiger charge is -2.14. The molecule has 0 heterocycles. The number of nitrogens with one attached hydrogen (secondary N) is 2. The van der Waals surface area contributed by atoms with Gasteiger partial charge in [-0.1, -0.05) is 30.3 Å². The molecule has 0 aliphatic carbocycles. The second kappa shape index (κ2) is 13.6. The van der Waals surface area contributed by atoms with Crippen molar-refractivity contribution in [1.82, 2.24) is 10.6 Å². The number of hydrogen-bond acceptors (Lipinski definition) is 5. The van der Waals surface area contributed by atoms with Crippen LogP contribution in [0, 0.1) is 0 Å². The van der Waals surface area contributed by atoms with Crippen molar-refractivity contribution in [2.75, 3.05) is 23.8 Å². The van der Waals surface area contributed by atoms with Crippen LogP contribution >= 0.6 is 0 Å². The predicted octanol–water partition coefficient (Wildman–Crippen LogP) is 1.49. The minimum Gasteiger partial charge on any atom is -0.480 e. The molecule has 0 aliphatic rings. The Balaban J connectivity index is 2.35. The van der Waals surface area contributed by atoms with E-state index in [0.717, 1.165) is 17.1 Å². The molecule has 0 aliphatic heterocycles. The number of hydrogen-bond donors (Lipinski definition) is 3. The monoisotopic (exact) mass is 425 g/mol. The molecule has 9 heteroatoms. The largest absolute Gasteiger partial charge is 0.480 e. The number of ketones is 1. The number of carbonyl (C=O) groups is 4. The molecule has 3 N–H and O–H groups in total. The molecule has 1 aromatic rings. The van der Waals surface area contributed by atoms with Crippen LogP contribution in [-0.2, 0) is 36.6 Å². The highest BCUT2D eigenvalue weighted by atomic mass is 32.2. The van der Waals surface area contributed by atoms with Crippen LogP contribution < -0.4 is 10.6 Å². The molecule has 0 saturated carbocycles. The predicted molar refractivity (Wildman–Crippen MR) is 112 cm³/mol. The van der Waals surface area contributed by atoms with Gasteiger partial charge in [0.25, 0.3) is 0 Å². The summed E-state index contributed by atoms with van der Waals surface area (Å²) in [5.74, 6) is 0.411. The quantitative estimate of drug-likeness (QED) is 0.412. The Kier molecular flexibility index (Phi) is 11.5. The van der Waals surface area contributed by atoms with Crippen molar-refractivity contribution < 1.29 is 29.0 Å². The minimum absolute atomic E-state index is 0.000136. The van der Waals surface area contributed by atoms with Crippen molar-refractivity contribution >= 4 is 34.6 Å². The van der Waals surface area contributed by atoms with Gasteiger partial charge < -0.3 is 20.5 Å². The zero-order valence-electron chi connectivity index (χ0n) is 16.8. The highest BCUT2D eigenvalue weighted by Gasteiger charge is 2.24. The first kappa shape index (κ1) is 24.5. The number of carboxylic acids is 1. The molecule has 8 nitrogen and oxygen atoms in total. The summed E-state index contributed by atoms with van der Waals surface area (Å²) in [6, 6.07) is 7.87. The molecule has 2 amide bonds. The van der Waals surface area contributed by atoms with Gasteiger partial charge >= 0.3 is 12.1 Å². The van der Waals surface area contributed by atoms with Crippen LogP contribution in [0.4, 0.5) is 4.79 Å². The fraction of sp³-hybridized carbons (Fsp3) is 0.500. The van der Waals surface area contributed by atoms with Gasteiger partial charge in [-0.2, -0.15) is 0 Å². The third-order valence-corrected chi connectivity index (χ3v) is 6.50. The van der Waals surface area contributed by atoms with Crippen LogP contribution in [0.1, 0.15) is 32.3 Å². The Bertz CT molecular complexity index is 679. The van der Waals surface area contributed by atoms with E-state index in [0.29, 0.717) is 5.75 Å². The Hall–Kier alpha value is -2.55. The maximum absolute atomic E-state index is 12.0. The van der Waals surface area contributed by atoms with E-state index in [1.807, 2.05) is 32.0 Å². The molecule has 0 fully saturated rings. The van der Waals surface area contributed by atoms with E-state index in [9.17, 15) is 24.3 Å². The molecule has 160 valence electrons. The Morgan fingerprint density at radius 3 is 2.34 bits per heavy atom. The van der Waals surface area contributed by atoms with Crippen molar-refractivity contribution in [3.8, 4) is 0 Å². The van der Waals surface area contributed by atoms with Crippen LogP contribution in [0.3, 0.4) is 0 Å². The normalized spacial score (nSPS) is 11.6. The number of amides is 2. The fourth-order valence-electron chi connectivity index (χ4n) is 2.44. The molecular weight excluding hydrogens is 396 g/mol. The second-order valence-corrected chi connectivity index (χ2v) is 8.95. The number of benzene rings is 1. The highest BCUT2D eigenvalue weighted by Crippen LogP contribution is 2.04. The summed E-state index contributed by atoms with van der Waals surface area (Å²) in [4.78, 5) is 46.9. The van der Waals surface area contributed by atoms with Crippen LogP contribution in [-0.4, -0.2) is 58.7 Å². The number of alkyl carbamates (subject to hydrolysis) is 1. The van der Waals surface area contributed by atoms with Gasteiger partial charge in [-0.15, -0.1) is 0 Å². The third kappa shape index (κ3) is 10.5. The molecule has 1 aromatic carbocycles. The van der Waals surface area contributed by atoms with Gasteiger partial charge in [0.15, 0.2) is 11.5 Å². The van der Waals surface area contributed by atoms with E-state index in [1.165, 1.54) is 0 Å². The molecule has 0 bridgehead atoms.